The number of hydrogen-bond acceptors (Lipinski definition) is 3. The second kappa shape index (κ2) is 5.02. The summed E-state index contributed by atoms with van der Waals surface area (Å²) < 4.78 is 1.87. The second-order valence-electron chi connectivity index (χ2n) is 6.02. The van der Waals surface area contributed by atoms with Crippen LogP contribution in [0.15, 0.2) is 12.4 Å². The van der Waals surface area contributed by atoms with Crippen molar-refractivity contribution < 1.29 is 0 Å². The van der Waals surface area contributed by atoms with Crippen LogP contribution in [0.5, 0.6) is 0 Å². The van der Waals surface area contributed by atoms with E-state index in [2.05, 4.69) is 16.7 Å². The van der Waals surface area contributed by atoms with Crippen LogP contribution in [0.4, 0.5) is 0 Å². The molecule has 2 saturated carbocycles. The smallest absolute Gasteiger partial charge is 0.0521 e. The summed E-state index contributed by atoms with van der Waals surface area (Å²) in [5.74, 6) is 8.54. The molecule has 2 aliphatic rings. The Balaban J connectivity index is 1.54. The van der Waals surface area contributed by atoms with Gasteiger partial charge in [-0.2, -0.15) is 5.10 Å². The quantitative estimate of drug-likeness (QED) is 0.615. The molecule has 0 bridgehead atoms. The minimum Gasteiger partial charge on any atom is -0.276 e. The molecule has 0 saturated heterocycles. The van der Waals surface area contributed by atoms with Gasteiger partial charge in [-0.05, 0) is 49.0 Å². The van der Waals surface area contributed by atoms with Crippen LogP contribution in [0.3, 0.4) is 0 Å². The highest BCUT2D eigenvalue weighted by atomic mass is 15.2. The largest absolute Gasteiger partial charge is 0.276 e. The minimum atomic E-state index is 0.498. The van der Waals surface area contributed by atoms with E-state index in [4.69, 9.17) is 5.84 Å². The maximum absolute atomic E-state index is 5.77. The van der Waals surface area contributed by atoms with Crippen molar-refractivity contribution in [2.75, 3.05) is 0 Å². The Kier molecular flexibility index (Phi) is 3.39. The van der Waals surface area contributed by atoms with Crippen LogP contribution in [0.25, 0.3) is 0 Å². The van der Waals surface area contributed by atoms with Gasteiger partial charge in [-0.1, -0.05) is 12.8 Å². The Labute approximate surface area is 109 Å². The number of aryl methyl sites for hydroxylation is 2. The number of rotatable bonds is 5. The Morgan fingerprint density at radius 3 is 2.72 bits per heavy atom. The zero-order valence-corrected chi connectivity index (χ0v) is 11.2. The van der Waals surface area contributed by atoms with Crippen molar-refractivity contribution in [1.29, 1.82) is 0 Å². The van der Waals surface area contributed by atoms with Crippen LogP contribution in [0.1, 0.15) is 37.7 Å². The van der Waals surface area contributed by atoms with Gasteiger partial charge in [0.2, 0.25) is 0 Å². The lowest BCUT2D eigenvalue weighted by Crippen LogP contribution is -2.38. The maximum Gasteiger partial charge on any atom is 0.0521 e. The molecule has 4 nitrogen and oxygen atoms in total. The predicted molar refractivity (Wildman–Crippen MR) is 71.6 cm³/mol. The molecule has 0 aliphatic heterocycles. The predicted octanol–water partition coefficient (Wildman–Crippen LogP) is 1.62. The van der Waals surface area contributed by atoms with Gasteiger partial charge >= 0.3 is 0 Å². The third kappa shape index (κ3) is 2.31. The summed E-state index contributed by atoms with van der Waals surface area (Å²) in [5.41, 5.74) is 4.39. The first-order chi connectivity index (χ1) is 8.79. The first-order valence-electron chi connectivity index (χ1n) is 7.23. The Morgan fingerprint density at radius 1 is 1.44 bits per heavy atom. The van der Waals surface area contributed by atoms with Gasteiger partial charge in [-0.15, -0.1) is 0 Å². The number of aromatic nitrogens is 2. The molecule has 3 rings (SSSR count). The maximum atomic E-state index is 5.77. The molecule has 2 aliphatic carbocycles. The molecule has 3 atom stereocenters. The van der Waals surface area contributed by atoms with Crippen molar-refractivity contribution in [3.05, 3.63) is 18.0 Å². The monoisotopic (exact) mass is 248 g/mol. The number of nitrogens with two attached hydrogens (primary N) is 1. The molecular weight excluding hydrogens is 224 g/mol. The molecule has 4 heteroatoms. The van der Waals surface area contributed by atoms with Crippen molar-refractivity contribution in [1.82, 2.24) is 15.2 Å². The Morgan fingerprint density at radius 2 is 2.17 bits per heavy atom. The van der Waals surface area contributed by atoms with Crippen molar-refractivity contribution in [3.63, 3.8) is 0 Å². The number of hydrogen-bond donors (Lipinski definition) is 2. The highest BCUT2D eigenvalue weighted by molar-refractivity contribution is 5.08. The summed E-state index contributed by atoms with van der Waals surface area (Å²) >= 11 is 0. The lowest BCUT2D eigenvalue weighted by Gasteiger charge is -2.15. The summed E-state index contributed by atoms with van der Waals surface area (Å²) in [7, 11) is 1.97. The lowest BCUT2D eigenvalue weighted by molar-refractivity contribution is 0.414. The van der Waals surface area contributed by atoms with E-state index in [1.54, 1.807) is 0 Å². The summed E-state index contributed by atoms with van der Waals surface area (Å²) in [6, 6.07) is 0.498. The molecule has 1 heterocycles. The fourth-order valence-electron chi connectivity index (χ4n) is 3.95. The van der Waals surface area contributed by atoms with E-state index in [0.29, 0.717) is 6.04 Å². The van der Waals surface area contributed by atoms with Gasteiger partial charge < -0.3 is 0 Å². The number of hydrazine groups is 1. The van der Waals surface area contributed by atoms with E-state index in [-0.39, 0.29) is 0 Å². The highest BCUT2D eigenvalue weighted by Gasteiger charge is 2.53. The van der Waals surface area contributed by atoms with Crippen LogP contribution < -0.4 is 11.3 Å². The van der Waals surface area contributed by atoms with Crippen molar-refractivity contribution >= 4 is 0 Å². The van der Waals surface area contributed by atoms with Gasteiger partial charge in [0.05, 0.1) is 6.20 Å². The topological polar surface area (TPSA) is 55.9 Å². The zero-order chi connectivity index (χ0) is 12.5. The molecule has 1 aromatic heterocycles. The van der Waals surface area contributed by atoms with Gasteiger partial charge in [-0.3, -0.25) is 16.0 Å². The van der Waals surface area contributed by atoms with Crippen LogP contribution in [0.2, 0.25) is 0 Å². The molecule has 0 aromatic carbocycles. The number of fused-ring (bicyclic) bond motifs is 1. The lowest BCUT2D eigenvalue weighted by atomic mass is 10.0. The minimum absolute atomic E-state index is 0.498. The fraction of sp³-hybridized carbons (Fsp3) is 0.786. The van der Waals surface area contributed by atoms with E-state index in [9.17, 15) is 0 Å². The van der Waals surface area contributed by atoms with E-state index >= 15 is 0 Å². The standard InChI is InChI=1S/C14H24N4/c1-18-9-10(8-16-18)6-7-13(17-15)14-11-4-2-3-5-12(11)14/h8-9,11-14,17H,2-7,15H2,1H3. The van der Waals surface area contributed by atoms with E-state index in [1.165, 1.54) is 31.2 Å². The first kappa shape index (κ1) is 12.2. The van der Waals surface area contributed by atoms with E-state index < -0.39 is 0 Å². The SMILES string of the molecule is Cn1cc(CCC(NN)C2C3CCCCC32)cn1. The second-order valence-corrected chi connectivity index (χ2v) is 6.02. The van der Waals surface area contributed by atoms with Gasteiger partial charge in [0.1, 0.15) is 0 Å². The van der Waals surface area contributed by atoms with E-state index in [0.717, 1.165) is 30.6 Å². The van der Waals surface area contributed by atoms with Crippen LogP contribution >= 0.6 is 0 Å². The molecule has 100 valence electrons. The zero-order valence-electron chi connectivity index (χ0n) is 11.2. The molecule has 2 fully saturated rings. The highest BCUT2D eigenvalue weighted by Crippen LogP contribution is 2.57. The molecule has 3 unspecified atom stereocenters. The average molecular weight is 248 g/mol. The number of nitrogens with one attached hydrogen (secondary N) is 1. The molecular formula is C14H24N4. The van der Waals surface area contributed by atoms with Crippen LogP contribution in [0, 0.1) is 17.8 Å². The molecule has 18 heavy (non-hydrogen) atoms. The van der Waals surface area contributed by atoms with Crippen molar-refractivity contribution in [3.8, 4) is 0 Å². The average Bonchev–Trinajstić information content (AvgIpc) is 2.96. The molecule has 3 N–H and O–H groups in total. The Bertz CT molecular complexity index is 388. The summed E-state index contributed by atoms with van der Waals surface area (Å²) in [5, 5.41) is 4.22. The summed E-state index contributed by atoms with van der Waals surface area (Å²) in [4.78, 5) is 0. The normalized spacial score (nSPS) is 32.0. The van der Waals surface area contributed by atoms with Crippen molar-refractivity contribution in [2.45, 2.75) is 44.6 Å². The van der Waals surface area contributed by atoms with Gasteiger partial charge in [0.15, 0.2) is 0 Å². The van der Waals surface area contributed by atoms with Gasteiger partial charge in [0, 0.05) is 19.3 Å². The van der Waals surface area contributed by atoms with Gasteiger partial charge in [-0.25, -0.2) is 0 Å². The Hall–Kier alpha value is -0.870. The van der Waals surface area contributed by atoms with E-state index in [1.807, 2.05) is 17.9 Å². The third-order valence-electron chi connectivity index (χ3n) is 4.90. The summed E-state index contributed by atoms with van der Waals surface area (Å²) in [6.07, 6.45) is 12.0. The summed E-state index contributed by atoms with van der Waals surface area (Å²) in [6.45, 7) is 0. The van der Waals surface area contributed by atoms with Crippen molar-refractivity contribution in [2.24, 2.45) is 30.6 Å². The molecule has 1 aromatic rings. The first-order valence-corrected chi connectivity index (χ1v) is 7.23. The third-order valence-corrected chi connectivity index (χ3v) is 4.90. The van der Waals surface area contributed by atoms with Crippen LogP contribution in [-0.4, -0.2) is 15.8 Å². The molecule has 0 spiro atoms. The fourth-order valence-corrected chi connectivity index (χ4v) is 3.95. The van der Waals surface area contributed by atoms with Crippen LogP contribution in [-0.2, 0) is 13.5 Å². The molecule has 0 amide bonds. The molecule has 0 radical (unpaired) electrons. The number of nitrogens with zero attached hydrogens (tertiary/aromatic N) is 2. The van der Waals surface area contributed by atoms with Gasteiger partial charge in [0.25, 0.3) is 0 Å².